The fourth-order valence-corrected chi connectivity index (χ4v) is 2.66. The highest BCUT2D eigenvalue weighted by atomic mass is 14.6. The van der Waals surface area contributed by atoms with Gasteiger partial charge in [0.1, 0.15) is 0 Å². The third-order valence-corrected chi connectivity index (χ3v) is 4.31. The summed E-state index contributed by atoms with van der Waals surface area (Å²) in [4.78, 5) is 0. The van der Waals surface area contributed by atoms with Crippen LogP contribution < -0.4 is 0 Å². The van der Waals surface area contributed by atoms with E-state index in [1.807, 2.05) is 0 Å². The molecule has 0 nitrogen and oxygen atoms in total. The minimum absolute atomic E-state index is 0.528. The molecule has 0 heterocycles. The molecule has 2 rings (SSSR count). The monoisotopic (exact) mass is 152 g/mol. The highest BCUT2D eigenvalue weighted by molar-refractivity contribution is 5.05. The van der Waals surface area contributed by atoms with Crippen LogP contribution in [0.25, 0.3) is 0 Å². The predicted molar refractivity (Wildman–Crippen MR) is 48.4 cm³/mol. The SMILES string of the molecule is CC(C)(C)C1(C)CC2CC2C1. The van der Waals surface area contributed by atoms with E-state index in [4.69, 9.17) is 0 Å². The van der Waals surface area contributed by atoms with E-state index in [1.165, 1.54) is 12.8 Å². The topological polar surface area (TPSA) is 0 Å². The van der Waals surface area contributed by atoms with Gasteiger partial charge in [-0.1, -0.05) is 27.7 Å². The number of hydrogen-bond donors (Lipinski definition) is 0. The summed E-state index contributed by atoms with van der Waals surface area (Å²) in [5.74, 6) is 2.25. The van der Waals surface area contributed by atoms with E-state index in [2.05, 4.69) is 27.7 Å². The normalized spacial score (nSPS) is 49.1. The van der Waals surface area contributed by atoms with Crippen molar-refractivity contribution in [3.8, 4) is 0 Å². The van der Waals surface area contributed by atoms with Crippen LogP contribution in [0.2, 0.25) is 0 Å². The zero-order valence-electron chi connectivity index (χ0n) is 8.28. The molecule has 0 aromatic carbocycles. The maximum absolute atomic E-state index is 2.49. The summed E-state index contributed by atoms with van der Waals surface area (Å²) in [6, 6.07) is 0. The van der Waals surface area contributed by atoms with Gasteiger partial charge in [0, 0.05) is 0 Å². The molecule has 2 unspecified atom stereocenters. The van der Waals surface area contributed by atoms with Gasteiger partial charge in [0.2, 0.25) is 0 Å². The second-order valence-corrected chi connectivity index (χ2v) is 5.97. The molecule has 11 heavy (non-hydrogen) atoms. The van der Waals surface area contributed by atoms with Gasteiger partial charge in [-0.3, -0.25) is 0 Å². The quantitative estimate of drug-likeness (QED) is 0.498. The highest BCUT2D eigenvalue weighted by Gasteiger charge is 2.55. The number of rotatable bonds is 0. The third kappa shape index (κ3) is 1.02. The van der Waals surface area contributed by atoms with Crippen LogP contribution >= 0.6 is 0 Å². The maximum Gasteiger partial charge on any atom is -0.0272 e. The lowest BCUT2D eigenvalue weighted by molar-refractivity contribution is 0.100. The third-order valence-electron chi connectivity index (χ3n) is 4.31. The lowest BCUT2D eigenvalue weighted by atomic mass is 9.65. The van der Waals surface area contributed by atoms with Crippen LogP contribution in [0, 0.1) is 22.7 Å². The van der Waals surface area contributed by atoms with Gasteiger partial charge >= 0.3 is 0 Å². The summed E-state index contributed by atoms with van der Waals surface area (Å²) in [6.45, 7) is 9.69. The predicted octanol–water partition coefficient (Wildman–Crippen LogP) is 3.47. The molecule has 0 saturated heterocycles. The van der Waals surface area contributed by atoms with Crippen molar-refractivity contribution in [2.45, 2.75) is 47.0 Å². The van der Waals surface area contributed by atoms with Crippen LogP contribution in [-0.4, -0.2) is 0 Å². The molecule has 0 aromatic heterocycles. The Morgan fingerprint density at radius 3 is 1.82 bits per heavy atom. The number of fused-ring (bicyclic) bond motifs is 1. The fraction of sp³-hybridized carbons (Fsp3) is 1.00. The van der Waals surface area contributed by atoms with Gasteiger partial charge in [-0.15, -0.1) is 0 Å². The molecule has 0 spiro atoms. The van der Waals surface area contributed by atoms with E-state index < -0.39 is 0 Å². The van der Waals surface area contributed by atoms with E-state index in [9.17, 15) is 0 Å². The van der Waals surface area contributed by atoms with Gasteiger partial charge < -0.3 is 0 Å². The van der Waals surface area contributed by atoms with Crippen molar-refractivity contribution in [1.82, 2.24) is 0 Å². The summed E-state index contributed by atoms with van der Waals surface area (Å²) in [5.41, 5.74) is 1.18. The van der Waals surface area contributed by atoms with Gasteiger partial charge in [-0.2, -0.15) is 0 Å². The van der Waals surface area contributed by atoms with E-state index in [0.717, 1.165) is 11.8 Å². The first-order chi connectivity index (χ1) is 4.92. The van der Waals surface area contributed by atoms with E-state index in [1.54, 1.807) is 6.42 Å². The Morgan fingerprint density at radius 1 is 1.09 bits per heavy atom. The lowest BCUT2D eigenvalue weighted by Gasteiger charge is -2.40. The van der Waals surface area contributed by atoms with Crippen molar-refractivity contribution in [2.24, 2.45) is 22.7 Å². The minimum atomic E-state index is 0.528. The van der Waals surface area contributed by atoms with Crippen molar-refractivity contribution in [1.29, 1.82) is 0 Å². The molecule has 64 valence electrons. The molecule has 2 aliphatic carbocycles. The Morgan fingerprint density at radius 2 is 1.55 bits per heavy atom. The van der Waals surface area contributed by atoms with Crippen molar-refractivity contribution in [2.75, 3.05) is 0 Å². The van der Waals surface area contributed by atoms with Crippen LogP contribution in [-0.2, 0) is 0 Å². The molecule has 0 radical (unpaired) electrons. The van der Waals surface area contributed by atoms with Crippen LogP contribution in [0.3, 0.4) is 0 Å². The molecule has 0 amide bonds. The van der Waals surface area contributed by atoms with E-state index >= 15 is 0 Å². The molecule has 0 aliphatic heterocycles. The molecule has 0 aromatic rings. The van der Waals surface area contributed by atoms with Crippen molar-refractivity contribution < 1.29 is 0 Å². The Hall–Kier alpha value is 0. The second-order valence-electron chi connectivity index (χ2n) is 5.97. The summed E-state index contributed by atoms with van der Waals surface area (Å²) in [6.07, 6.45) is 4.55. The zero-order chi connectivity index (χ0) is 8.28. The van der Waals surface area contributed by atoms with Gasteiger partial charge in [0.05, 0.1) is 0 Å². The Labute approximate surface area is 70.4 Å². The summed E-state index contributed by atoms with van der Waals surface area (Å²) in [7, 11) is 0. The Kier molecular flexibility index (Phi) is 1.28. The van der Waals surface area contributed by atoms with E-state index in [-0.39, 0.29) is 0 Å². The average molecular weight is 152 g/mol. The summed E-state index contributed by atoms with van der Waals surface area (Å²) < 4.78 is 0. The Balaban J connectivity index is 2.12. The molecule has 0 bridgehead atoms. The van der Waals surface area contributed by atoms with Crippen molar-refractivity contribution >= 4 is 0 Å². The van der Waals surface area contributed by atoms with Crippen LogP contribution in [0.4, 0.5) is 0 Å². The summed E-state index contributed by atoms with van der Waals surface area (Å²) in [5, 5.41) is 0. The summed E-state index contributed by atoms with van der Waals surface area (Å²) >= 11 is 0. The van der Waals surface area contributed by atoms with Crippen LogP contribution in [0.15, 0.2) is 0 Å². The van der Waals surface area contributed by atoms with Crippen molar-refractivity contribution in [3.63, 3.8) is 0 Å². The largest absolute Gasteiger partial charge is 0.0597 e. The highest BCUT2D eigenvalue weighted by Crippen LogP contribution is 2.64. The molecular weight excluding hydrogens is 132 g/mol. The fourth-order valence-electron chi connectivity index (χ4n) is 2.66. The standard InChI is InChI=1S/C11H20/c1-10(2,3)11(4)6-8-5-9(8)7-11/h8-9H,5-7H2,1-4H3. The Bertz CT molecular complexity index is 163. The molecule has 2 fully saturated rings. The zero-order valence-corrected chi connectivity index (χ0v) is 8.28. The molecule has 0 heteroatoms. The molecule has 2 atom stereocenters. The van der Waals surface area contributed by atoms with Crippen LogP contribution in [0.1, 0.15) is 47.0 Å². The molecule has 0 N–H and O–H groups in total. The molecule has 2 saturated carbocycles. The first kappa shape index (κ1) is 7.64. The lowest BCUT2D eigenvalue weighted by Crippen LogP contribution is -2.31. The second kappa shape index (κ2) is 1.84. The minimum Gasteiger partial charge on any atom is -0.0597 e. The van der Waals surface area contributed by atoms with Gasteiger partial charge in [-0.05, 0) is 41.9 Å². The van der Waals surface area contributed by atoms with E-state index in [0.29, 0.717) is 10.8 Å². The van der Waals surface area contributed by atoms with Gasteiger partial charge in [0.25, 0.3) is 0 Å². The molecule has 2 aliphatic rings. The maximum atomic E-state index is 2.49. The van der Waals surface area contributed by atoms with Crippen LogP contribution in [0.5, 0.6) is 0 Å². The molecular formula is C11H20. The first-order valence-electron chi connectivity index (χ1n) is 4.92. The van der Waals surface area contributed by atoms with Crippen molar-refractivity contribution in [3.05, 3.63) is 0 Å². The van der Waals surface area contributed by atoms with Gasteiger partial charge in [-0.25, -0.2) is 0 Å². The smallest absolute Gasteiger partial charge is 0.0272 e. The first-order valence-corrected chi connectivity index (χ1v) is 4.92. The number of hydrogen-bond acceptors (Lipinski definition) is 0. The van der Waals surface area contributed by atoms with Gasteiger partial charge in [0.15, 0.2) is 0 Å². The average Bonchev–Trinajstić information content (AvgIpc) is 2.38.